The molecule has 0 amide bonds. The average Bonchev–Trinajstić information content (AvgIpc) is 2.40. The van der Waals surface area contributed by atoms with Crippen LogP contribution in [0.25, 0.3) is 0 Å². The maximum absolute atomic E-state index is 12.8. The maximum Gasteiger partial charge on any atom is 0.123 e. The summed E-state index contributed by atoms with van der Waals surface area (Å²) >= 11 is 2.01. The lowest BCUT2D eigenvalue weighted by atomic mass is 10.0. The first-order valence-corrected chi connectivity index (χ1v) is 8.08. The summed E-state index contributed by atoms with van der Waals surface area (Å²) in [5.74, 6) is 2.19. The number of rotatable bonds is 5. The van der Waals surface area contributed by atoms with Gasteiger partial charge in [-0.1, -0.05) is 12.1 Å². The van der Waals surface area contributed by atoms with E-state index in [0.717, 1.165) is 5.56 Å². The molecule has 0 saturated carbocycles. The third kappa shape index (κ3) is 4.79. The van der Waals surface area contributed by atoms with Crippen LogP contribution in [0, 0.1) is 5.82 Å². The van der Waals surface area contributed by atoms with Crippen LogP contribution in [-0.4, -0.2) is 28.7 Å². The van der Waals surface area contributed by atoms with Gasteiger partial charge in [0.2, 0.25) is 0 Å². The van der Waals surface area contributed by atoms with E-state index in [9.17, 15) is 9.50 Å². The smallest absolute Gasteiger partial charge is 0.123 e. The fourth-order valence-corrected chi connectivity index (χ4v) is 3.60. The molecule has 1 aliphatic rings. The molecular weight excluding hydrogens is 261 g/mol. The molecule has 4 heteroatoms. The summed E-state index contributed by atoms with van der Waals surface area (Å²) in [7, 11) is 0. The van der Waals surface area contributed by atoms with Gasteiger partial charge >= 0.3 is 0 Å². The van der Waals surface area contributed by atoms with Crippen molar-refractivity contribution in [3.8, 4) is 0 Å². The summed E-state index contributed by atoms with van der Waals surface area (Å²) in [6, 6.07) is 6.96. The number of aliphatic hydroxyl groups is 1. The van der Waals surface area contributed by atoms with E-state index in [0.29, 0.717) is 12.5 Å². The zero-order valence-corrected chi connectivity index (χ0v) is 12.1. The minimum Gasteiger partial charge on any atom is -0.388 e. The molecule has 0 unspecified atom stereocenters. The predicted molar refractivity (Wildman–Crippen MR) is 78.9 cm³/mol. The Morgan fingerprint density at radius 3 is 2.58 bits per heavy atom. The van der Waals surface area contributed by atoms with Crippen LogP contribution < -0.4 is 5.32 Å². The van der Waals surface area contributed by atoms with Crippen LogP contribution in [0.1, 0.15) is 37.9 Å². The summed E-state index contributed by atoms with van der Waals surface area (Å²) in [6.45, 7) is 2.11. The zero-order valence-electron chi connectivity index (χ0n) is 11.3. The highest BCUT2D eigenvalue weighted by atomic mass is 32.2. The Morgan fingerprint density at radius 1 is 1.32 bits per heavy atom. The molecule has 1 aliphatic heterocycles. The summed E-state index contributed by atoms with van der Waals surface area (Å²) in [6.07, 6.45) is 2.56. The van der Waals surface area contributed by atoms with Gasteiger partial charge in [0.1, 0.15) is 5.82 Å². The highest BCUT2D eigenvalue weighted by Gasteiger charge is 2.18. The number of hydrogen-bond acceptors (Lipinski definition) is 3. The Morgan fingerprint density at radius 2 is 1.95 bits per heavy atom. The largest absolute Gasteiger partial charge is 0.388 e. The van der Waals surface area contributed by atoms with Crippen molar-refractivity contribution in [3.63, 3.8) is 0 Å². The van der Waals surface area contributed by atoms with Crippen LogP contribution in [0.5, 0.6) is 0 Å². The van der Waals surface area contributed by atoms with Crippen molar-refractivity contribution in [1.29, 1.82) is 0 Å². The van der Waals surface area contributed by atoms with E-state index in [1.807, 2.05) is 11.8 Å². The normalized spacial score (nSPS) is 20.2. The van der Waals surface area contributed by atoms with Gasteiger partial charge in [-0.3, -0.25) is 0 Å². The Kier molecular flexibility index (Phi) is 5.67. The molecule has 1 fully saturated rings. The van der Waals surface area contributed by atoms with E-state index in [1.54, 1.807) is 12.1 Å². The molecular formula is C15H22FNOS. The van der Waals surface area contributed by atoms with Gasteiger partial charge in [-0.2, -0.15) is 11.8 Å². The van der Waals surface area contributed by atoms with Crippen molar-refractivity contribution < 1.29 is 9.50 Å². The summed E-state index contributed by atoms with van der Waals surface area (Å²) < 4.78 is 12.8. The van der Waals surface area contributed by atoms with Gasteiger partial charge < -0.3 is 10.4 Å². The van der Waals surface area contributed by atoms with Crippen molar-refractivity contribution in [2.45, 2.75) is 44.4 Å². The number of hydrogen-bond donors (Lipinski definition) is 2. The van der Waals surface area contributed by atoms with Gasteiger partial charge in [0.25, 0.3) is 0 Å². The molecule has 1 aromatic rings. The van der Waals surface area contributed by atoms with Gasteiger partial charge in [0.15, 0.2) is 0 Å². The maximum atomic E-state index is 12.8. The molecule has 0 aromatic heterocycles. The number of benzene rings is 1. The lowest BCUT2D eigenvalue weighted by molar-refractivity contribution is 0.151. The van der Waals surface area contributed by atoms with Gasteiger partial charge in [-0.25, -0.2) is 4.39 Å². The summed E-state index contributed by atoms with van der Waals surface area (Å²) in [4.78, 5) is 0. The van der Waals surface area contributed by atoms with E-state index in [2.05, 4.69) is 12.2 Å². The van der Waals surface area contributed by atoms with E-state index < -0.39 is 6.10 Å². The predicted octanol–water partition coefficient (Wildman–Crippen LogP) is 3.12. The highest BCUT2D eigenvalue weighted by Crippen LogP contribution is 2.21. The molecule has 1 heterocycles. The summed E-state index contributed by atoms with van der Waals surface area (Å²) in [5.41, 5.74) is 0.786. The van der Waals surface area contributed by atoms with E-state index in [1.165, 1.54) is 36.5 Å². The zero-order chi connectivity index (χ0) is 13.7. The molecule has 2 N–H and O–H groups in total. The number of thioether (sulfide) groups is 1. The van der Waals surface area contributed by atoms with E-state index >= 15 is 0 Å². The van der Waals surface area contributed by atoms with Crippen LogP contribution in [-0.2, 0) is 0 Å². The molecule has 2 rings (SSSR count). The first kappa shape index (κ1) is 14.8. The molecule has 106 valence electrons. The second-order valence-electron chi connectivity index (χ2n) is 5.26. The van der Waals surface area contributed by atoms with Crippen molar-refractivity contribution in [1.82, 2.24) is 5.32 Å². The molecule has 0 radical (unpaired) electrons. The molecule has 0 bridgehead atoms. The average molecular weight is 283 g/mol. The van der Waals surface area contributed by atoms with Crippen molar-refractivity contribution in [2.24, 2.45) is 0 Å². The monoisotopic (exact) mass is 283 g/mol. The van der Waals surface area contributed by atoms with Crippen LogP contribution in [0.4, 0.5) is 4.39 Å². The third-order valence-electron chi connectivity index (χ3n) is 3.57. The minimum atomic E-state index is -0.527. The van der Waals surface area contributed by atoms with Crippen molar-refractivity contribution in [3.05, 3.63) is 35.6 Å². The fraction of sp³-hybridized carbons (Fsp3) is 0.600. The van der Waals surface area contributed by atoms with Crippen LogP contribution in [0.15, 0.2) is 24.3 Å². The molecule has 0 aliphatic carbocycles. The van der Waals surface area contributed by atoms with Crippen molar-refractivity contribution in [2.75, 3.05) is 11.5 Å². The van der Waals surface area contributed by atoms with E-state index in [-0.39, 0.29) is 11.9 Å². The van der Waals surface area contributed by atoms with Crippen LogP contribution in [0.2, 0.25) is 0 Å². The SMILES string of the molecule is C[C@@H](C[C@@H](O)c1ccc(F)cc1)NC1CCSCC1. The van der Waals surface area contributed by atoms with Gasteiger partial charge in [-0.15, -0.1) is 0 Å². The number of halogens is 1. The molecule has 2 atom stereocenters. The first-order chi connectivity index (χ1) is 9.15. The first-order valence-electron chi connectivity index (χ1n) is 6.92. The van der Waals surface area contributed by atoms with Gasteiger partial charge in [0, 0.05) is 12.1 Å². The van der Waals surface area contributed by atoms with Crippen LogP contribution >= 0.6 is 11.8 Å². The molecule has 0 spiro atoms. The Hall–Kier alpha value is -0.580. The Bertz CT molecular complexity index is 378. The third-order valence-corrected chi connectivity index (χ3v) is 4.62. The molecule has 2 nitrogen and oxygen atoms in total. The van der Waals surface area contributed by atoms with Gasteiger partial charge in [-0.05, 0) is 55.4 Å². The quantitative estimate of drug-likeness (QED) is 0.871. The molecule has 1 saturated heterocycles. The van der Waals surface area contributed by atoms with Crippen LogP contribution in [0.3, 0.4) is 0 Å². The highest BCUT2D eigenvalue weighted by molar-refractivity contribution is 7.99. The lowest BCUT2D eigenvalue weighted by Crippen LogP contribution is -2.39. The molecule has 19 heavy (non-hydrogen) atoms. The van der Waals surface area contributed by atoms with E-state index in [4.69, 9.17) is 0 Å². The minimum absolute atomic E-state index is 0.262. The second kappa shape index (κ2) is 7.27. The lowest BCUT2D eigenvalue weighted by Gasteiger charge is -2.27. The summed E-state index contributed by atoms with van der Waals surface area (Å²) in [5, 5.41) is 13.7. The topological polar surface area (TPSA) is 32.3 Å². The Labute approximate surface area is 118 Å². The molecule has 1 aromatic carbocycles. The van der Waals surface area contributed by atoms with Gasteiger partial charge in [0.05, 0.1) is 6.10 Å². The van der Waals surface area contributed by atoms with Crippen molar-refractivity contribution >= 4 is 11.8 Å². The number of nitrogens with one attached hydrogen (secondary N) is 1. The standard InChI is InChI=1S/C15H22FNOS/c1-11(17-14-6-8-19-9-7-14)10-15(18)12-2-4-13(16)5-3-12/h2-5,11,14-15,17-18H,6-10H2,1H3/t11-,15+/m0/s1. The Balaban J connectivity index is 1.80. The number of aliphatic hydroxyl groups excluding tert-OH is 1. The second-order valence-corrected chi connectivity index (χ2v) is 6.48. The fourth-order valence-electron chi connectivity index (χ4n) is 2.49.